The Kier molecular flexibility index (Phi) is 5.54. The Morgan fingerprint density at radius 2 is 1.89 bits per heavy atom. The molecule has 0 aliphatic heterocycles. The maximum atomic E-state index is 11.9. The van der Waals surface area contributed by atoms with Crippen LogP contribution in [0.25, 0.3) is 0 Å². The Morgan fingerprint density at radius 3 is 2.47 bits per heavy atom. The summed E-state index contributed by atoms with van der Waals surface area (Å²) in [5.41, 5.74) is -0.161. The van der Waals surface area contributed by atoms with Gasteiger partial charge < -0.3 is 9.88 Å². The van der Waals surface area contributed by atoms with Gasteiger partial charge in [0, 0.05) is 31.9 Å². The van der Waals surface area contributed by atoms with Crippen LogP contribution < -0.4 is 16.6 Å². The smallest absolute Gasteiger partial charge is 0.315 e. The lowest BCUT2D eigenvalue weighted by Crippen LogP contribution is -2.41. The zero-order valence-electron chi connectivity index (χ0n) is 12.4. The molecule has 19 heavy (non-hydrogen) atoms. The van der Waals surface area contributed by atoms with Crippen molar-refractivity contribution in [3.05, 3.63) is 33.1 Å². The number of hydrogen-bond acceptors (Lipinski definition) is 3. The maximum Gasteiger partial charge on any atom is 0.330 e. The van der Waals surface area contributed by atoms with Gasteiger partial charge >= 0.3 is 5.69 Å². The van der Waals surface area contributed by atoms with Crippen molar-refractivity contribution in [2.45, 2.75) is 47.2 Å². The topological polar surface area (TPSA) is 56.0 Å². The van der Waals surface area contributed by atoms with Crippen molar-refractivity contribution in [2.75, 3.05) is 13.1 Å². The summed E-state index contributed by atoms with van der Waals surface area (Å²) in [6.45, 7) is 11.0. The van der Waals surface area contributed by atoms with E-state index in [1.807, 2.05) is 6.92 Å². The lowest BCUT2D eigenvalue weighted by molar-refractivity contribution is 0.364. The van der Waals surface area contributed by atoms with Gasteiger partial charge in [-0.05, 0) is 25.3 Å². The van der Waals surface area contributed by atoms with Crippen molar-refractivity contribution < 1.29 is 0 Å². The first-order valence-electron chi connectivity index (χ1n) is 6.86. The molecule has 0 unspecified atom stereocenters. The number of aromatic nitrogens is 2. The van der Waals surface area contributed by atoms with E-state index in [1.165, 1.54) is 15.2 Å². The molecule has 108 valence electrons. The predicted octanol–water partition coefficient (Wildman–Crippen LogP) is 1.06. The van der Waals surface area contributed by atoms with Gasteiger partial charge in [-0.15, -0.1) is 0 Å². The first kappa shape index (κ1) is 15.7. The number of rotatable bonds is 6. The van der Waals surface area contributed by atoms with Gasteiger partial charge in [0.05, 0.1) is 0 Å². The van der Waals surface area contributed by atoms with Crippen LogP contribution in [0.15, 0.2) is 21.9 Å². The van der Waals surface area contributed by atoms with Crippen molar-refractivity contribution in [1.82, 2.24) is 14.5 Å². The third kappa shape index (κ3) is 5.03. The summed E-state index contributed by atoms with van der Waals surface area (Å²) in [4.78, 5) is 23.6. The summed E-state index contributed by atoms with van der Waals surface area (Å²) < 4.78 is 2.82. The van der Waals surface area contributed by atoms with Crippen LogP contribution in [-0.4, -0.2) is 22.2 Å². The van der Waals surface area contributed by atoms with E-state index in [4.69, 9.17) is 0 Å². The Bertz CT molecular complexity index is 509. The van der Waals surface area contributed by atoms with E-state index in [-0.39, 0.29) is 11.2 Å². The maximum absolute atomic E-state index is 11.9. The normalized spacial score (nSPS) is 11.8. The Labute approximate surface area is 114 Å². The lowest BCUT2D eigenvalue weighted by Gasteiger charge is -2.18. The van der Waals surface area contributed by atoms with Gasteiger partial charge in [0.1, 0.15) is 0 Å². The summed E-state index contributed by atoms with van der Waals surface area (Å²) in [6, 6.07) is 1.44. The molecular formula is C14H25N3O2. The molecular weight excluding hydrogens is 242 g/mol. The molecule has 0 spiro atoms. The van der Waals surface area contributed by atoms with Crippen molar-refractivity contribution >= 4 is 0 Å². The fourth-order valence-electron chi connectivity index (χ4n) is 1.78. The molecule has 0 saturated heterocycles. The van der Waals surface area contributed by atoms with E-state index < -0.39 is 0 Å². The van der Waals surface area contributed by atoms with Crippen LogP contribution in [0.4, 0.5) is 0 Å². The second kappa shape index (κ2) is 6.70. The minimum absolute atomic E-state index is 0.229. The van der Waals surface area contributed by atoms with Crippen LogP contribution in [0.2, 0.25) is 0 Å². The summed E-state index contributed by atoms with van der Waals surface area (Å²) in [6.07, 6.45) is 2.62. The lowest BCUT2D eigenvalue weighted by atomic mass is 9.92. The van der Waals surface area contributed by atoms with Crippen LogP contribution >= 0.6 is 0 Å². The number of aryl methyl sites for hydroxylation is 1. The molecule has 0 saturated carbocycles. The summed E-state index contributed by atoms with van der Waals surface area (Å²) in [5, 5.41) is 3.27. The van der Waals surface area contributed by atoms with Crippen LogP contribution in [0, 0.1) is 5.41 Å². The van der Waals surface area contributed by atoms with Gasteiger partial charge in [0.2, 0.25) is 0 Å². The van der Waals surface area contributed by atoms with E-state index in [1.54, 1.807) is 6.20 Å². The molecule has 5 nitrogen and oxygen atoms in total. The summed E-state index contributed by atoms with van der Waals surface area (Å²) in [7, 11) is 0. The zero-order chi connectivity index (χ0) is 14.5. The van der Waals surface area contributed by atoms with Crippen LogP contribution in [0.5, 0.6) is 0 Å². The molecule has 0 bridgehead atoms. The van der Waals surface area contributed by atoms with Crippen molar-refractivity contribution in [2.24, 2.45) is 5.41 Å². The Balaban J connectivity index is 2.55. The van der Waals surface area contributed by atoms with E-state index >= 15 is 0 Å². The largest absolute Gasteiger partial charge is 0.330 e. The predicted molar refractivity (Wildman–Crippen MR) is 77.6 cm³/mol. The van der Waals surface area contributed by atoms with Crippen LogP contribution in [-0.2, 0) is 13.1 Å². The van der Waals surface area contributed by atoms with Crippen LogP contribution in [0.1, 0.15) is 34.1 Å². The first-order chi connectivity index (χ1) is 8.85. The third-order valence-electron chi connectivity index (χ3n) is 3.04. The molecule has 1 heterocycles. The van der Waals surface area contributed by atoms with E-state index in [9.17, 15) is 9.59 Å². The second-order valence-corrected chi connectivity index (χ2v) is 5.93. The number of hydrogen-bond donors (Lipinski definition) is 1. The fourth-order valence-corrected chi connectivity index (χ4v) is 1.78. The number of nitrogens with one attached hydrogen (secondary N) is 1. The first-order valence-corrected chi connectivity index (χ1v) is 6.86. The molecule has 1 aromatic heterocycles. The Hall–Kier alpha value is -1.36. The minimum Gasteiger partial charge on any atom is -0.315 e. The van der Waals surface area contributed by atoms with E-state index in [0.717, 1.165) is 13.0 Å². The van der Waals surface area contributed by atoms with E-state index in [0.29, 0.717) is 25.0 Å². The average molecular weight is 267 g/mol. The third-order valence-corrected chi connectivity index (χ3v) is 3.04. The van der Waals surface area contributed by atoms with Gasteiger partial charge in [-0.2, -0.15) is 0 Å². The highest BCUT2D eigenvalue weighted by molar-refractivity contribution is 4.86. The van der Waals surface area contributed by atoms with Gasteiger partial charge in [-0.1, -0.05) is 20.8 Å². The molecule has 0 amide bonds. The minimum atomic E-state index is -0.229. The summed E-state index contributed by atoms with van der Waals surface area (Å²) in [5.74, 6) is 0. The van der Waals surface area contributed by atoms with Crippen molar-refractivity contribution in [1.29, 1.82) is 0 Å². The highest BCUT2D eigenvalue weighted by atomic mass is 16.2. The van der Waals surface area contributed by atoms with Crippen molar-refractivity contribution in [3.8, 4) is 0 Å². The zero-order valence-corrected chi connectivity index (χ0v) is 12.4. The standard InChI is InChI=1S/C14H25N3O2/c1-5-16-10-6-12(18)17(13(16)19)11-9-15-8-7-14(2,3)4/h6,10,15H,5,7-9,11H2,1-4H3. The molecule has 0 fully saturated rings. The monoisotopic (exact) mass is 267 g/mol. The fraction of sp³-hybridized carbons (Fsp3) is 0.714. The number of nitrogens with zero attached hydrogens (tertiary/aromatic N) is 2. The highest BCUT2D eigenvalue weighted by Gasteiger charge is 2.09. The molecule has 0 atom stereocenters. The molecule has 1 aromatic rings. The Morgan fingerprint density at radius 1 is 1.21 bits per heavy atom. The van der Waals surface area contributed by atoms with Crippen LogP contribution in [0.3, 0.4) is 0 Å². The molecule has 1 rings (SSSR count). The molecule has 0 radical (unpaired) electrons. The molecule has 1 N–H and O–H groups in total. The average Bonchev–Trinajstić information content (AvgIpc) is 2.31. The van der Waals surface area contributed by atoms with Gasteiger partial charge in [0.15, 0.2) is 0 Å². The van der Waals surface area contributed by atoms with Gasteiger partial charge in [-0.3, -0.25) is 9.36 Å². The molecule has 0 aliphatic rings. The molecule has 0 aliphatic carbocycles. The van der Waals surface area contributed by atoms with Gasteiger partial charge in [-0.25, -0.2) is 4.79 Å². The van der Waals surface area contributed by atoms with Crippen molar-refractivity contribution in [3.63, 3.8) is 0 Å². The summed E-state index contributed by atoms with van der Waals surface area (Å²) >= 11 is 0. The SMILES string of the molecule is CCn1ccc(=O)n(CCNCCC(C)(C)C)c1=O. The quantitative estimate of drug-likeness (QED) is 0.784. The molecule has 0 aromatic carbocycles. The molecule has 5 heteroatoms. The highest BCUT2D eigenvalue weighted by Crippen LogP contribution is 2.16. The van der Waals surface area contributed by atoms with E-state index in [2.05, 4.69) is 26.1 Å². The second-order valence-electron chi connectivity index (χ2n) is 5.93. The van der Waals surface area contributed by atoms with Gasteiger partial charge in [0.25, 0.3) is 5.56 Å².